The van der Waals surface area contributed by atoms with E-state index in [4.69, 9.17) is 22.7 Å². The smallest absolute Gasteiger partial charge is 0.333 e. The Morgan fingerprint density at radius 2 is 2.10 bits per heavy atom. The standard InChI is InChI=1S/C15H14ClF5N6O2/c1-6(15(20,21)5-29-14(22)23)10-8(17)2-3-9(24-10)25-12(28)11-7(16)4-27(26-11)13(18)19/h2-4,6,13H,5H2,1H3,(H3,22,23)(H,24,25,28)/t6-/m0/s1. The number of halogens is 6. The molecule has 1 amide bonds. The van der Waals surface area contributed by atoms with Crippen LogP contribution in [0.4, 0.5) is 27.8 Å². The number of aromatic nitrogens is 3. The lowest BCUT2D eigenvalue weighted by molar-refractivity contribution is -0.0659. The van der Waals surface area contributed by atoms with Gasteiger partial charge in [0.15, 0.2) is 12.3 Å². The van der Waals surface area contributed by atoms with Crippen LogP contribution in [-0.4, -0.2) is 39.2 Å². The molecule has 8 nitrogen and oxygen atoms in total. The van der Waals surface area contributed by atoms with Crippen LogP contribution in [-0.2, 0) is 4.74 Å². The van der Waals surface area contributed by atoms with Gasteiger partial charge < -0.3 is 15.8 Å². The minimum Gasteiger partial charge on any atom is -0.459 e. The number of rotatable bonds is 7. The van der Waals surface area contributed by atoms with Gasteiger partial charge in [0.2, 0.25) is 0 Å². The highest BCUT2D eigenvalue weighted by atomic mass is 35.5. The van der Waals surface area contributed by atoms with Crippen molar-refractivity contribution in [2.45, 2.75) is 25.3 Å². The summed E-state index contributed by atoms with van der Waals surface area (Å²) in [5.74, 6) is -7.96. The fraction of sp³-hybridized carbons (Fsp3) is 0.333. The fourth-order valence-electron chi connectivity index (χ4n) is 2.13. The molecular formula is C15H14ClF5N6O2. The predicted octanol–water partition coefficient (Wildman–Crippen LogP) is 3.37. The van der Waals surface area contributed by atoms with Crippen LogP contribution in [0.2, 0.25) is 5.02 Å². The number of alkyl halides is 4. The molecule has 2 heterocycles. The zero-order chi connectivity index (χ0) is 21.9. The minimum absolute atomic E-state index is 0.151. The zero-order valence-electron chi connectivity index (χ0n) is 14.6. The number of hydrogen-bond acceptors (Lipinski definition) is 5. The van der Waals surface area contributed by atoms with E-state index in [2.05, 4.69) is 20.1 Å². The topological polar surface area (TPSA) is 119 Å². The Morgan fingerprint density at radius 1 is 1.45 bits per heavy atom. The number of ether oxygens (including phenoxy) is 1. The van der Waals surface area contributed by atoms with Gasteiger partial charge in [0, 0.05) is 0 Å². The highest BCUT2D eigenvalue weighted by Crippen LogP contribution is 2.34. The molecule has 0 aliphatic heterocycles. The van der Waals surface area contributed by atoms with E-state index in [0.29, 0.717) is 0 Å². The summed E-state index contributed by atoms with van der Waals surface area (Å²) < 4.78 is 72.0. The quantitative estimate of drug-likeness (QED) is 0.346. The van der Waals surface area contributed by atoms with E-state index in [-0.39, 0.29) is 15.5 Å². The first-order valence-corrected chi connectivity index (χ1v) is 8.15. The predicted molar refractivity (Wildman–Crippen MR) is 91.9 cm³/mol. The molecular weight excluding hydrogens is 427 g/mol. The maximum Gasteiger partial charge on any atom is 0.333 e. The van der Waals surface area contributed by atoms with Gasteiger partial charge in [0.05, 0.1) is 22.8 Å². The second-order valence-electron chi connectivity index (χ2n) is 5.74. The van der Waals surface area contributed by atoms with Crippen molar-refractivity contribution in [2.24, 2.45) is 5.73 Å². The van der Waals surface area contributed by atoms with Crippen LogP contribution in [0.3, 0.4) is 0 Å². The molecule has 1 atom stereocenters. The number of amidine groups is 1. The summed E-state index contributed by atoms with van der Waals surface area (Å²) in [4.78, 5) is 15.8. The monoisotopic (exact) mass is 440 g/mol. The van der Waals surface area contributed by atoms with E-state index in [9.17, 15) is 26.7 Å². The van der Waals surface area contributed by atoms with Crippen molar-refractivity contribution in [3.63, 3.8) is 0 Å². The third-order valence-electron chi connectivity index (χ3n) is 3.68. The Labute approximate surface area is 165 Å². The molecule has 0 spiro atoms. The van der Waals surface area contributed by atoms with Crippen LogP contribution in [0.1, 0.15) is 35.6 Å². The molecule has 0 aromatic carbocycles. The van der Waals surface area contributed by atoms with Gasteiger partial charge in [-0.05, 0) is 12.1 Å². The number of nitrogens with two attached hydrogens (primary N) is 1. The lowest BCUT2D eigenvalue weighted by Gasteiger charge is -2.23. The Balaban J connectivity index is 2.24. The number of nitrogens with zero attached hydrogens (tertiary/aromatic N) is 3. The van der Waals surface area contributed by atoms with E-state index < -0.39 is 54.1 Å². The van der Waals surface area contributed by atoms with Gasteiger partial charge in [-0.2, -0.15) is 13.9 Å². The number of pyridine rings is 1. The molecule has 0 radical (unpaired) electrons. The molecule has 0 saturated heterocycles. The Kier molecular flexibility index (Phi) is 6.62. The van der Waals surface area contributed by atoms with Crippen molar-refractivity contribution in [1.82, 2.24) is 14.8 Å². The van der Waals surface area contributed by atoms with Crippen LogP contribution in [0.15, 0.2) is 18.3 Å². The summed E-state index contributed by atoms with van der Waals surface area (Å²) in [5, 5.41) is 11.9. The summed E-state index contributed by atoms with van der Waals surface area (Å²) in [6.45, 7) is -3.37. The summed E-state index contributed by atoms with van der Waals surface area (Å²) in [7, 11) is 0. The second-order valence-corrected chi connectivity index (χ2v) is 6.14. The first-order valence-electron chi connectivity index (χ1n) is 7.77. The third kappa shape index (κ3) is 5.31. The number of carbonyl (C=O) groups is 1. The fourth-order valence-corrected chi connectivity index (χ4v) is 2.35. The molecule has 0 aliphatic rings. The van der Waals surface area contributed by atoms with Gasteiger partial charge >= 0.3 is 6.55 Å². The first kappa shape index (κ1) is 22.3. The highest BCUT2D eigenvalue weighted by molar-refractivity contribution is 6.34. The molecule has 2 aromatic rings. The molecule has 14 heteroatoms. The third-order valence-corrected chi connectivity index (χ3v) is 3.96. The van der Waals surface area contributed by atoms with Crippen LogP contribution < -0.4 is 11.1 Å². The maximum atomic E-state index is 14.2. The van der Waals surface area contributed by atoms with E-state index in [1.807, 2.05) is 0 Å². The molecule has 29 heavy (non-hydrogen) atoms. The molecule has 0 saturated carbocycles. The summed E-state index contributed by atoms with van der Waals surface area (Å²) in [5.41, 5.74) is 3.59. The van der Waals surface area contributed by atoms with E-state index >= 15 is 0 Å². The van der Waals surface area contributed by atoms with E-state index in [1.165, 1.54) is 0 Å². The van der Waals surface area contributed by atoms with Crippen molar-refractivity contribution in [2.75, 3.05) is 11.9 Å². The van der Waals surface area contributed by atoms with Gasteiger partial charge in [-0.25, -0.2) is 22.8 Å². The van der Waals surface area contributed by atoms with Crippen LogP contribution in [0.25, 0.3) is 0 Å². The minimum atomic E-state index is -3.65. The van der Waals surface area contributed by atoms with Gasteiger partial charge in [0.25, 0.3) is 17.9 Å². The molecule has 0 unspecified atom stereocenters. The van der Waals surface area contributed by atoms with Crippen molar-refractivity contribution < 1.29 is 31.5 Å². The highest BCUT2D eigenvalue weighted by Gasteiger charge is 2.41. The Bertz CT molecular complexity index is 923. The van der Waals surface area contributed by atoms with E-state index in [1.54, 1.807) is 0 Å². The number of carbonyl (C=O) groups excluding carboxylic acids is 1. The largest absolute Gasteiger partial charge is 0.459 e. The van der Waals surface area contributed by atoms with Crippen LogP contribution >= 0.6 is 11.6 Å². The summed E-state index contributed by atoms with van der Waals surface area (Å²) in [6.07, 6.45) is 0.725. The second kappa shape index (κ2) is 8.59. The zero-order valence-corrected chi connectivity index (χ0v) is 15.4. The first-order chi connectivity index (χ1) is 13.4. The molecule has 4 N–H and O–H groups in total. The van der Waals surface area contributed by atoms with Crippen LogP contribution in [0.5, 0.6) is 0 Å². The lowest BCUT2D eigenvalue weighted by Crippen LogP contribution is -2.34. The molecule has 0 fully saturated rings. The van der Waals surface area contributed by atoms with Crippen molar-refractivity contribution in [3.05, 3.63) is 40.6 Å². The van der Waals surface area contributed by atoms with Gasteiger partial charge in [-0.15, -0.1) is 0 Å². The Hall–Kier alpha value is -2.96. The summed E-state index contributed by atoms with van der Waals surface area (Å²) >= 11 is 5.68. The average Bonchev–Trinajstić information content (AvgIpc) is 3.03. The van der Waals surface area contributed by atoms with Gasteiger partial charge in [0.1, 0.15) is 11.6 Å². The maximum absolute atomic E-state index is 14.2. The molecule has 158 valence electrons. The molecule has 2 rings (SSSR count). The van der Waals surface area contributed by atoms with Gasteiger partial charge in [-0.1, -0.05) is 18.5 Å². The SMILES string of the molecule is C[C@@H](c1nc(NC(=O)c2nn(C(F)F)cc2Cl)ccc1F)C(F)(F)COC(=N)N. The van der Waals surface area contributed by atoms with Crippen molar-refractivity contribution >= 4 is 29.3 Å². The normalized spacial score (nSPS) is 12.7. The molecule has 0 bridgehead atoms. The average molecular weight is 441 g/mol. The Morgan fingerprint density at radius 3 is 2.66 bits per heavy atom. The van der Waals surface area contributed by atoms with Crippen LogP contribution in [0, 0.1) is 11.2 Å². The molecule has 2 aromatic heterocycles. The van der Waals surface area contributed by atoms with Crippen molar-refractivity contribution in [1.29, 1.82) is 5.41 Å². The summed E-state index contributed by atoms with van der Waals surface area (Å²) in [6, 6.07) is 0.827. The molecule has 0 aliphatic carbocycles. The lowest BCUT2D eigenvalue weighted by atomic mass is 9.99. The number of amides is 1. The van der Waals surface area contributed by atoms with Crippen molar-refractivity contribution in [3.8, 4) is 0 Å². The number of nitrogens with one attached hydrogen (secondary N) is 2. The van der Waals surface area contributed by atoms with Gasteiger partial charge in [-0.3, -0.25) is 10.2 Å². The number of hydrogen-bond donors (Lipinski definition) is 3. The van der Waals surface area contributed by atoms with E-state index in [0.717, 1.165) is 25.3 Å². The number of anilines is 1.